The van der Waals surface area contributed by atoms with Crippen molar-refractivity contribution in [3.8, 4) is 0 Å². The van der Waals surface area contributed by atoms with E-state index in [1.54, 1.807) is 25.2 Å². The Hall–Kier alpha value is -2.12. The number of benzene rings is 1. The van der Waals surface area contributed by atoms with Gasteiger partial charge in [0.05, 0.1) is 18.6 Å². The summed E-state index contributed by atoms with van der Waals surface area (Å²) >= 11 is 6.17. The highest BCUT2D eigenvalue weighted by molar-refractivity contribution is 6.31. The molecule has 1 saturated heterocycles. The first kappa shape index (κ1) is 20.6. The van der Waals surface area contributed by atoms with Gasteiger partial charge in [-0.15, -0.1) is 0 Å². The van der Waals surface area contributed by atoms with E-state index >= 15 is 0 Å². The summed E-state index contributed by atoms with van der Waals surface area (Å²) in [4.78, 5) is 40.2. The predicted molar refractivity (Wildman–Crippen MR) is 106 cm³/mol. The maximum Gasteiger partial charge on any atom is 0.328 e. The van der Waals surface area contributed by atoms with Gasteiger partial charge in [-0.1, -0.05) is 25.4 Å². The van der Waals surface area contributed by atoms with Gasteiger partial charge in [0.25, 0.3) is 0 Å². The van der Waals surface area contributed by atoms with E-state index in [2.05, 4.69) is 10.6 Å². The molecule has 0 radical (unpaired) electrons. The highest BCUT2D eigenvalue weighted by Gasteiger charge is 2.58. The number of carbonyl (C=O) groups excluding carboxylic acids is 3. The van der Waals surface area contributed by atoms with Crippen molar-refractivity contribution in [2.24, 2.45) is 5.92 Å². The molecule has 1 aromatic rings. The van der Waals surface area contributed by atoms with Gasteiger partial charge >= 0.3 is 5.97 Å². The van der Waals surface area contributed by atoms with Gasteiger partial charge in [0.15, 0.2) is 0 Å². The maximum atomic E-state index is 13.3. The molecule has 1 aromatic carbocycles. The van der Waals surface area contributed by atoms with Crippen LogP contribution in [0, 0.1) is 5.92 Å². The van der Waals surface area contributed by atoms with Crippen molar-refractivity contribution in [3.05, 3.63) is 28.8 Å². The molecule has 0 saturated carbocycles. The molecule has 2 aliphatic heterocycles. The van der Waals surface area contributed by atoms with Gasteiger partial charge < -0.3 is 20.3 Å². The molecule has 152 valence electrons. The van der Waals surface area contributed by atoms with Gasteiger partial charge in [-0.3, -0.25) is 9.59 Å². The third-order valence-corrected chi connectivity index (χ3v) is 5.88. The molecule has 8 heteroatoms. The largest absolute Gasteiger partial charge is 0.467 e. The lowest BCUT2D eigenvalue weighted by molar-refractivity contribution is -0.151. The number of ether oxygens (including phenoxy) is 1. The van der Waals surface area contributed by atoms with Crippen LogP contribution in [-0.4, -0.2) is 55.5 Å². The van der Waals surface area contributed by atoms with Crippen molar-refractivity contribution >= 4 is 35.1 Å². The average Bonchev–Trinajstić information content (AvgIpc) is 3.18. The summed E-state index contributed by atoms with van der Waals surface area (Å²) in [6.45, 7) is 4.17. The number of nitrogens with zero attached hydrogens (tertiary/aromatic N) is 1. The number of amides is 2. The van der Waals surface area contributed by atoms with Crippen molar-refractivity contribution in [1.29, 1.82) is 0 Å². The number of fused-ring (bicyclic) bond motifs is 2. The minimum absolute atomic E-state index is 0.112. The van der Waals surface area contributed by atoms with E-state index in [4.69, 9.17) is 16.3 Å². The molecule has 2 heterocycles. The number of likely N-dealkylation sites (tertiary alicyclic amines) is 1. The Balaban J connectivity index is 2.01. The zero-order valence-electron chi connectivity index (χ0n) is 16.5. The lowest BCUT2D eigenvalue weighted by atomic mass is 9.79. The number of likely N-dealkylation sites (N-methyl/N-ethyl adjacent to an activating group) is 1. The van der Waals surface area contributed by atoms with Gasteiger partial charge in [-0.05, 0) is 49.6 Å². The summed E-state index contributed by atoms with van der Waals surface area (Å²) in [5, 5.41) is 6.41. The molecule has 7 nitrogen and oxygen atoms in total. The standard InChI is InChI=1S/C20H26ClN3O4/c1-11(2)7-15(22-3)17(25)24-10-20(9-16(24)18(26)28-4)13-8-12(21)5-6-14(13)23-19(20)27/h5-6,8,11,15-16,22H,7,9-10H2,1-4H3,(H,23,27)/t15-,16?,20-/m0/s1. The van der Waals surface area contributed by atoms with Crippen LogP contribution < -0.4 is 10.6 Å². The second kappa shape index (κ2) is 7.72. The van der Waals surface area contributed by atoms with E-state index in [0.29, 0.717) is 23.0 Å². The Kier molecular flexibility index (Phi) is 5.68. The molecule has 1 spiro atoms. The predicted octanol–water partition coefficient (Wildman–Crippen LogP) is 1.94. The van der Waals surface area contributed by atoms with Crippen LogP contribution in [0.25, 0.3) is 0 Å². The molecule has 0 bridgehead atoms. The Morgan fingerprint density at radius 1 is 1.43 bits per heavy atom. The van der Waals surface area contributed by atoms with Gasteiger partial charge in [0.2, 0.25) is 11.8 Å². The minimum Gasteiger partial charge on any atom is -0.467 e. The number of hydrogen-bond donors (Lipinski definition) is 2. The average molecular weight is 408 g/mol. The van der Waals surface area contributed by atoms with Crippen molar-refractivity contribution in [2.75, 3.05) is 26.0 Å². The number of rotatable bonds is 5. The fourth-order valence-electron chi connectivity index (χ4n) is 4.24. The molecule has 0 aliphatic carbocycles. The summed E-state index contributed by atoms with van der Waals surface area (Å²) in [5.41, 5.74) is 0.379. The lowest BCUT2D eigenvalue weighted by Crippen LogP contribution is -2.50. The molecule has 1 fully saturated rings. The number of hydrogen-bond acceptors (Lipinski definition) is 5. The van der Waals surface area contributed by atoms with E-state index in [-0.39, 0.29) is 24.8 Å². The van der Waals surface area contributed by atoms with Crippen LogP contribution in [0.3, 0.4) is 0 Å². The second-order valence-electron chi connectivity index (χ2n) is 7.91. The van der Waals surface area contributed by atoms with Crippen LogP contribution in [-0.2, 0) is 24.5 Å². The number of halogens is 1. The van der Waals surface area contributed by atoms with Crippen LogP contribution in [0.15, 0.2) is 18.2 Å². The summed E-state index contributed by atoms with van der Waals surface area (Å²) in [7, 11) is 3.01. The Morgan fingerprint density at radius 2 is 2.14 bits per heavy atom. The van der Waals surface area contributed by atoms with E-state index in [1.807, 2.05) is 13.8 Å². The Labute approximate surface area is 169 Å². The van der Waals surface area contributed by atoms with Crippen molar-refractivity contribution < 1.29 is 19.1 Å². The number of anilines is 1. The molecule has 2 N–H and O–H groups in total. The number of carbonyl (C=O) groups is 3. The van der Waals surface area contributed by atoms with Crippen LogP contribution in [0.2, 0.25) is 5.02 Å². The van der Waals surface area contributed by atoms with Crippen LogP contribution >= 0.6 is 11.6 Å². The molecule has 0 aromatic heterocycles. The van der Waals surface area contributed by atoms with E-state index in [1.165, 1.54) is 12.0 Å². The first-order chi connectivity index (χ1) is 13.2. The monoisotopic (exact) mass is 407 g/mol. The Bertz CT molecular complexity index is 813. The minimum atomic E-state index is -1.01. The normalized spacial score (nSPS) is 24.4. The van der Waals surface area contributed by atoms with Gasteiger partial charge in [-0.2, -0.15) is 0 Å². The maximum absolute atomic E-state index is 13.3. The summed E-state index contributed by atoms with van der Waals surface area (Å²) < 4.78 is 4.95. The summed E-state index contributed by atoms with van der Waals surface area (Å²) in [6.07, 6.45) is 0.796. The topological polar surface area (TPSA) is 87.7 Å². The molecule has 28 heavy (non-hydrogen) atoms. The van der Waals surface area contributed by atoms with Crippen molar-refractivity contribution in [2.45, 2.75) is 44.2 Å². The Morgan fingerprint density at radius 3 is 2.75 bits per heavy atom. The second-order valence-corrected chi connectivity index (χ2v) is 8.34. The summed E-state index contributed by atoms with van der Waals surface area (Å²) in [6, 6.07) is 3.93. The third-order valence-electron chi connectivity index (χ3n) is 5.65. The van der Waals surface area contributed by atoms with E-state index in [9.17, 15) is 14.4 Å². The molecule has 1 unspecified atom stereocenters. The quantitative estimate of drug-likeness (QED) is 0.728. The molecular weight excluding hydrogens is 382 g/mol. The molecule has 2 aliphatic rings. The molecule has 3 atom stereocenters. The number of nitrogens with one attached hydrogen (secondary N) is 2. The highest BCUT2D eigenvalue weighted by Crippen LogP contribution is 2.47. The fourth-order valence-corrected chi connectivity index (χ4v) is 4.42. The van der Waals surface area contributed by atoms with Crippen LogP contribution in [0.5, 0.6) is 0 Å². The van der Waals surface area contributed by atoms with E-state index in [0.717, 1.165) is 5.56 Å². The highest BCUT2D eigenvalue weighted by atomic mass is 35.5. The van der Waals surface area contributed by atoms with Gasteiger partial charge in [0, 0.05) is 17.3 Å². The first-order valence-corrected chi connectivity index (χ1v) is 9.78. The van der Waals surface area contributed by atoms with Crippen LogP contribution in [0.1, 0.15) is 32.3 Å². The van der Waals surface area contributed by atoms with Gasteiger partial charge in [0.1, 0.15) is 6.04 Å². The zero-order chi connectivity index (χ0) is 20.6. The number of esters is 1. The van der Waals surface area contributed by atoms with Gasteiger partial charge in [-0.25, -0.2) is 4.79 Å². The van der Waals surface area contributed by atoms with Crippen LogP contribution in [0.4, 0.5) is 5.69 Å². The third kappa shape index (κ3) is 3.37. The fraction of sp³-hybridized carbons (Fsp3) is 0.550. The SMILES string of the molecule is CN[C@@H](CC(C)C)C(=O)N1C[C@]2(CC1C(=O)OC)C(=O)Nc1ccc(Cl)cc12. The molecular formula is C20H26ClN3O4. The smallest absolute Gasteiger partial charge is 0.328 e. The molecule has 2 amide bonds. The van der Waals surface area contributed by atoms with Crippen molar-refractivity contribution in [3.63, 3.8) is 0 Å². The summed E-state index contributed by atoms with van der Waals surface area (Å²) in [5.74, 6) is -0.651. The lowest BCUT2D eigenvalue weighted by Gasteiger charge is -2.28. The van der Waals surface area contributed by atoms with E-state index < -0.39 is 23.5 Å². The van der Waals surface area contributed by atoms with Crippen molar-refractivity contribution in [1.82, 2.24) is 10.2 Å². The zero-order valence-corrected chi connectivity index (χ0v) is 17.3. The number of methoxy groups -OCH3 is 1. The first-order valence-electron chi connectivity index (χ1n) is 9.40. The molecule has 3 rings (SSSR count).